The highest BCUT2D eigenvalue weighted by Crippen LogP contribution is 2.58. The van der Waals surface area contributed by atoms with Gasteiger partial charge in [0, 0.05) is 12.3 Å². The molecular formula is C19H24O. The fourth-order valence-electron chi connectivity index (χ4n) is 5.31. The van der Waals surface area contributed by atoms with E-state index in [1.165, 1.54) is 24.8 Å². The van der Waals surface area contributed by atoms with Gasteiger partial charge in [-0.05, 0) is 60.5 Å². The average Bonchev–Trinajstić information content (AvgIpc) is 2.82. The van der Waals surface area contributed by atoms with Crippen molar-refractivity contribution in [1.29, 1.82) is 0 Å². The van der Waals surface area contributed by atoms with Crippen LogP contribution >= 0.6 is 0 Å². The van der Waals surface area contributed by atoms with Crippen LogP contribution in [-0.4, -0.2) is 5.78 Å². The van der Waals surface area contributed by atoms with Crippen LogP contribution in [0.3, 0.4) is 0 Å². The van der Waals surface area contributed by atoms with E-state index in [1.807, 2.05) is 6.08 Å². The van der Waals surface area contributed by atoms with Gasteiger partial charge in [-0.15, -0.1) is 0 Å². The predicted molar refractivity (Wildman–Crippen MR) is 81.1 cm³/mol. The minimum Gasteiger partial charge on any atom is -0.295 e. The van der Waals surface area contributed by atoms with Gasteiger partial charge in [-0.1, -0.05) is 37.6 Å². The van der Waals surface area contributed by atoms with Crippen molar-refractivity contribution in [2.75, 3.05) is 0 Å². The normalized spacial score (nSPS) is 46.2. The fraction of sp³-hybridized carbons (Fsp3) is 0.632. The summed E-state index contributed by atoms with van der Waals surface area (Å²) >= 11 is 0. The third kappa shape index (κ3) is 1.58. The molecule has 0 radical (unpaired) electrons. The topological polar surface area (TPSA) is 17.1 Å². The second-order valence-electron chi connectivity index (χ2n) is 7.58. The van der Waals surface area contributed by atoms with E-state index < -0.39 is 0 Å². The first-order chi connectivity index (χ1) is 9.59. The molecule has 0 aromatic heterocycles. The molecule has 0 bridgehead atoms. The number of allylic oxidation sites excluding steroid dienone is 6. The lowest BCUT2D eigenvalue weighted by Crippen LogP contribution is -2.43. The summed E-state index contributed by atoms with van der Waals surface area (Å²) in [6.07, 6.45) is 14.9. The molecule has 1 heteroatoms. The van der Waals surface area contributed by atoms with Crippen molar-refractivity contribution < 1.29 is 4.79 Å². The van der Waals surface area contributed by atoms with Gasteiger partial charge in [-0.25, -0.2) is 0 Å². The molecule has 0 heterocycles. The maximum absolute atomic E-state index is 11.7. The number of fused-ring (bicyclic) bond motifs is 5. The molecule has 20 heavy (non-hydrogen) atoms. The monoisotopic (exact) mass is 268 g/mol. The molecule has 0 amide bonds. The maximum atomic E-state index is 11.7. The Hall–Kier alpha value is -1.11. The largest absolute Gasteiger partial charge is 0.295 e. The Bertz CT molecular complexity index is 550. The lowest BCUT2D eigenvalue weighted by molar-refractivity contribution is -0.116. The van der Waals surface area contributed by atoms with E-state index in [0.29, 0.717) is 11.7 Å². The summed E-state index contributed by atoms with van der Waals surface area (Å²) in [6.45, 7) is 4.82. The van der Waals surface area contributed by atoms with E-state index in [-0.39, 0.29) is 5.41 Å². The Labute approximate surface area is 121 Å². The molecule has 0 spiro atoms. The van der Waals surface area contributed by atoms with Crippen LogP contribution in [0.25, 0.3) is 0 Å². The van der Waals surface area contributed by atoms with E-state index in [1.54, 1.807) is 5.57 Å². The highest BCUT2D eigenvalue weighted by molar-refractivity contribution is 5.92. The van der Waals surface area contributed by atoms with Crippen LogP contribution in [0.1, 0.15) is 46.0 Å². The van der Waals surface area contributed by atoms with Gasteiger partial charge in [0.15, 0.2) is 5.78 Å². The zero-order valence-electron chi connectivity index (χ0n) is 12.6. The first-order valence-electron chi connectivity index (χ1n) is 8.23. The van der Waals surface area contributed by atoms with E-state index in [0.717, 1.165) is 30.6 Å². The van der Waals surface area contributed by atoms with Crippen molar-refractivity contribution in [1.82, 2.24) is 0 Å². The van der Waals surface area contributed by atoms with Crippen molar-refractivity contribution >= 4 is 5.78 Å². The van der Waals surface area contributed by atoms with Crippen molar-refractivity contribution in [3.8, 4) is 0 Å². The van der Waals surface area contributed by atoms with E-state index in [9.17, 15) is 4.79 Å². The van der Waals surface area contributed by atoms with Gasteiger partial charge in [0.25, 0.3) is 0 Å². The highest BCUT2D eigenvalue weighted by Gasteiger charge is 2.49. The van der Waals surface area contributed by atoms with Crippen LogP contribution in [0.5, 0.6) is 0 Å². The molecule has 106 valence electrons. The van der Waals surface area contributed by atoms with Gasteiger partial charge in [0.05, 0.1) is 0 Å². The number of hydrogen-bond donors (Lipinski definition) is 0. The predicted octanol–water partition coefficient (Wildman–Crippen LogP) is 4.46. The molecule has 0 saturated heterocycles. The van der Waals surface area contributed by atoms with Crippen LogP contribution in [0.15, 0.2) is 35.5 Å². The van der Waals surface area contributed by atoms with Crippen LogP contribution in [0.2, 0.25) is 0 Å². The van der Waals surface area contributed by atoms with Crippen molar-refractivity contribution in [2.45, 2.75) is 46.0 Å². The standard InChI is InChI=1S/C19H24O/c1-12-3-5-16-15(12)7-8-18-17(16)6-4-13-11-14(20)9-10-19(13,18)2/h4-6,11-12,15,17-18H,3,7-10H2,1-2H3. The molecular weight excluding hydrogens is 244 g/mol. The molecule has 1 fully saturated rings. The minimum absolute atomic E-state index is 0.241. The van der Waals surface area contributed by atoms with Gasteiger partial charge in [-0.3, -0.25) is 4.79 Å². The Morgan fingerprint density at radius 1 is 1.30 bits per heavy atom. The molecule has 1 nitrogen and oxygen atoms in total. The highest BCUT2D eigenvalue weighted by atomic mass is 16.1. The zero-order valence-corrected chi connectivity index (χ0v) is 12.6. The SMILES string of the molecule is CC1CC=C2C3C=CC4=CC(=O)CCC4(C)C3CCC21. The lowest BCUT2D eigenvalue weighted by Gasteiger charge is -2.51. The van der Waals surface area contributed by atoms with Crippen LogP contribution in [0.4, 0.5) is 0 Å². The molecule has 0 N–H and O–H groups in total. The zero-order chi connectivity index (χ0) is 13.9. The molecule has 0 aromatic carbocycles. The number of hydrogen-bond acceptors (Lipinski definition) is 1. The average molecular weight is 268 g/mol. The van der Waals surface area contributed by atoms with Gasteiger partial charge in [0.2, 0.25) is 0 Å². The van der Waals surface area contributed by atoms with Crippen molar-refractivity contribution in [2.24, 2.45) is 29.1 Å². The van der Waals surface area contributed by atoms with Crippen LogP contribution in [0, 0.1) is 29.1 Å². The molecule has 5 unspecified atom stereocenters. The summed E-state index contributed by atoms with van der Waals surface area (Å²) in [5.41, 5.74) is 3.27. The second-order valence-corrected chi connectivity index (χ2v) is 7.58. The molecule has 0 aliphatic heterocycles. The summed E-state index contributed by atoms with van der Waals surface area (Å²) in [5.74, 6) is 3.37. The van der Waals surface area contributed by atoms with Crippen LogP contribution < -0.4 is 0 Å². The summed E-state index contributed by atoms with van der Waals surface area (Å²) in [4.78, 5) is 11.7. The summed E-state index contributed by atoms with van der Waals surface area (Å²) in [5, 5.41) is 0. The molecule has 0 aromatic rings. The van der Waals surface area contributed by atoms with Crippen molar-refractivity contribution in [3.63, 3.8) is 0 Å². The molecule has 5 atom stereocenters. The Kier molecular flexibility index (Phi) is 2.64. The number of ketones is 1. The van der Waals surface area contributed by atoms with E-state index >= 15 is 0 Å². The molecule has 1 saturated carbocycles. The summed E-state index contributed by atoms with van der Waals surface area (Å²) in [6, 6.07) is 0. The number of carbonyl (C=O) groups is 1. The number of rotatable bonds is 0. The minimum atomic E-state index is 0.241. The third-order valence-corrected chi connectivity index (χ3v) is 6.62. The Morgan fingerprint density at radius 2 is 2.15 bits per heavy atom. The first-order valence-corrected chi connectivity index (χ1v) is 8.23. The van der Waals surface area contributed by atoms with Gasteiger partial charge in [0.1, 0.15) is 0 Å². The molecule has 4 rings (SSSR count). The maximum Gasteiger partial charge on any atom is 0.156 e. The second kappa shape index (κ2) is 4.19. The fourth-order valence-corrected chi connectivity index (χ4v) is 5.31. The summed E-state index contributed by atoms with van der Waals surface area (Å²) in [7, 11) is 0. The quantitative estimate of drug-likeness (QED) is 0.593. The number of carbonyl (C=O) groups excluding carboxylic acids is 1. The van der Waals surface area contributed by atoms with Gasteiger partial charge >= 0.3 is 0 Å². The summed E-state index contributed by atoms with van der Waals surface area (Å²) < 4.78 is 0. The lowest BCUT2D eigenvalue weighted by atomic mass is 9.53. The third-order valence-electron chi connectivity index (χ3n) is 6.62. The van der Waals surface area contributed by atoms with Gasteiger partial charge < -0.3 is 0 Å². The molecule has 4 aliphatic carbocycles. The first kappa shape index (κ1) is 12.6. The Balaban J connectivity index is 1.76. The van der Waals surface area contributed by atoms with Gasteiger partial charge in [-0.2, -0.15) is 0 Å². The van der Waals surface area contributed by atoms with E-state index in [2.05, 4.69) is 32.1 Å². The molecule has 4 aliphatic rings. The van der Waals surface area contributed by atoms with E-state index in [4.69, 9.17) is 0 Å². The van der Waals surface area contributed by atoms with Crippen LogP contribution in [-0.2, 0) is 4.79 Å². The Morgan fingerprint density at radius 3 is 3.00 bits per heavy atom. The van der Waals surface area contributed by atoms with Crippen molar-refractivity contribution in [3.05, 3.63) is 35.5 Å². The smallest absolute Gasteiger partial charge is 0.156 e.